The Morgan fingerprint density at radius 2 is 1.78 bits per heavy atom. The number of carbonyl (C=O) groups excluding carboxylic acids is 1. The first-order valence-corrected chi connectivity index (χ1v) is 12.0. The maximum atomic E-state index is 13.3. The number of aliphatic hydroxyl groups excluding tert-OH is 1. The molecule has 0 aliphatic carbocycles. The minimum Gasteiger partial charge on any atom is -0.386 e. The van der Waals surface area contributed by atoms with Crippen LogP contribution in [0.5, 0.6) is 0 Å². The average molecular weight is 496 g/mol. The number of nitrogens with one attached hydrogen (secondary N) is 2. The molecule has 1 amide bonds. The van der Waals surface area contributed by atoms with Crippen LogP contribution in [0.1, 0.15) is 17.4 Å². The van der Waals surface area contributed by atoms with E-state index < -0.39 is 57.8 Å². The van der Waals surface area contributed by atoms with Crippen molar-refractivity contribution < 1.29 is 35.9 Å². The van der Waals surface area contributed by atoms with E-state index in [1.165, 1.54) is 18.3 Å². The molecule has 0 fully saturated rings. The summed E-state index contributed by atoms with van der Waals surface area (Å²) in [6, 6.07) is 8.22. The summed E-state index contributed by atoms with van der Waals surface area (Å²) in [5.74, 6) is -1.98. The number of alkyl halides is 4. The van der Waals surface area contributed by atoms with E-state index in [0.29, 0.717) is 16.8 Å². The zero-order valence-corrected chi connectivity index (χ0v) is 18.4. The number of nitrogens with zero attached hydrogens (tertiary/aromatic N) is 1. The average Bonchev–Trinajstić information content (AvgIpc) is 2.73. The van der Waals surface area contributed by atoms with E-state index in [0.717, 1.165) is 6.26 Å². The quantitative estimate of drug-likeness (QED) is 0.437. The smallest absolute Gasteiger partial charge is 0.386 e. The van der Waals surface area contributed by atoms with Gasteiger partial charge in [0.05, 0.1) is 30.3 Å². The number of sulfonamides is 1. The second-order valence-electron chi connectivity index (χ2n) is 6.76. The Hall–Kier alpha value is -2.22. The molecule has 0 saturated heterocycles. The molecule has 2 aromatic rings. The highest BCUT2D eigenvalue weighted by Gasteiger charge is 2.30. The molecule has 2 atom stereocenters. The third-order valence-corrected chi connectivity index (χ3v) is 5.59. The third-order valence-electron chi connectivity index (χ3n) is 4.19. The zero-order chi connectivity index (χ0) is 23.9. The third kappa shape index (κ3) is 8.73. The van der Waals surface area contributed by atoms with Gasteiger partial charge >= 0.3 is 5.51 Å². The summed E-state index contributed by atoms with van der Waals surface area (Å²) in [7, 11) is -3.34. The molecule has 13 heteroatoms. The second-order valence-corrected chi connectivity index (χ2v) is 9.63. The van der Waals surface area contributed by atoms with Crippen LogP contribution in [0.15, 0.2) is 42.6 Å². The Morgan fingerprint density at radius 3 is 2.28 bits per heavy atom. The molecule has 1 aromatic heterocycles. The maximum absolute atomic E-state index is 13.3. The van der Waals surface area contributed by atoms with Gasteiger partial charge in [0, 0.05) is 11.8 Å². The number of benzene rings is 1. The van der Waals surface area contributed by atoms with Gasteiger partial charge in [-0.05, 0) is 29.0 Å². The molecule has 176 valence electrons. The van der Waals surface area contributed by atoms with Crippen molar-refractivity contribution in [2.75, 3.05) is 18.7 Å². The van der Waals surface area contributed by atoms with Gasteiger partial charge in [0.25, 0.3) is 0 Å². The number of halogens is 4. The first-order chi connectivity index (χ1) is 14.9. The predicted molar refractivity (Wildman–Crippen MR) is 113 cm³/mol. The Bertz CT molecular complexity index is 1000. The van der Waals surface area contributed by atoms with Crippen LogP contribution >= 0.6 is 11.8 Å². The summed E-state index contributed by atoms with van der Waals surface area (Å²) < 4.78 is 74.4. The molecule has 7 nitrogen and oxygen atoms in total. The number of rotatable bonds is 10. The van der Waals surface area contributed by atoms with Crippen molar-refractivity contribution in [3.05, 3.63) is 53.9 Å². The van der Waals surface area contributed by atoms with Crippen LogP contribution in [0.3, 0.4) is 0 Å². The summed E-state index contributed by atoms with van der Waals surface area (Å²) in [6.07, 6.45) is 1.11. The molecule has 0 spiro atoms. The second kappa shape index (κ2) is 11.1. The van der Waals surface area contributed by atoms with Gasteiger partial charge in [-0.2, -0.15) is 13.2 Å². The largest absolute Gasteiger partial charge is 0.442 e. The maximum Gasteiger partial charge on any atom is 0.442 e. The van der Waals surface area contributed by atoms with Gasteiger partial charge in [0.1, 0.15) is 12.8 Å². The van der Waals surface area contributed by atoms with Gasteiger partial charge in [-0.1, -0.05) is 30.3 Å². The van der Waals surface area contributed by atoms with E-state index in [1.807, 2.05) is 0 Å². The lowest BCUT2D eigenvalue weighted by Gasteiger charge is -2.22. The Labute approximate surface area is 186 Å². The van der Waals surface area contributed by atoms with Gasteiger partial charge in [0.2, 0.25) is 15.9 Å². The fourth-order valence-corrected chi connectivity index (χ4v) is 3.40. The number of hydrogen-bond donors (Lipinski definition) is 3. The normalized spacial score (nSPS) is 14.1. The van der Waals surface area contributed by atoms with Crippen molar-refractivity contribution in [1.29, 1.82) is 0 Å². The van der Waals surface area contributed by atoms with Crippen LogP contribution in [-0.4, -0.2) is 54.6 Å². The van der Waals surface area contributed by atoms with Gasteiger partial charge in [-0.15, -0.1) is 0 Å². The molecule has 0 aliphatic rings. The van der Waals surface area contributed by atoms with E-state index in [2.05, 4.69) is 15.0 Å². The SMILES string of the molecule is CS(=O)(=O)NCc1ccc(-c2ccc(C(O)C(CF)NC(=O)CSC(F)(F)F)cc2)cn1. The number of aromatic nitrogens is 1. The van der Waals surface area contributed by atoms with E-state index in [1.54, 1.807) is 24.3 Å². The van der Waals surface area contributed by atoms with E-state index in [-0.39, 0.29) is 12.1 Å². The van der Waals surface area contributed by atoms with Crippen LogP contribution in [0.4, 0.5) is 17.6 Å². The van der Waals surface area contributed by atoms with Crippen molar-refractivity contribution in [2.45, 2.75) is 24.2 Å². The highest BCUT2D eigenvalue weighted by molar-refractivity contribution is 8.00. The summed E-state index contributed by atoms with van der Waals surface area (Å²) in [4.78, 5) is 15.8. The van der Waals surface area contributed by atoms with Gasteiger partial charge in [-0.25, -0.2) is 17.5 Å². The minimum absolute atomic E-state index is 0.0437. The molecule has 32 heavy (non-hydrogen) atoms. The monoisotopic (exact) mass is 495 g/mol. The van der Waals surface area contributed by atoms with Crippen molar-refractivity contribution in [3.63, 3.8) is 0 Å². The van der Waals surface area contributed by atoms with Crippen LogP contribution in [0.2, 0.25) is 0 Å². The van der Waals surface area contributed by atoms with Crippen molar-refractivity contribution in [1.82, 2.24) is 15.0 Å². The molecule has 0 radical (unpaired) electrons. The van der Waals surface area contributed by atoms with Crippen LogP contribution in [-0.2, 0) is 21.4 Å². The first-order valence-electron chi connectivity index (χ1n) is 9.12. The summed E-state index contributed by atoms with van der Waals surface area (Å²) in [5, 5.41) is 12.4. The summed E-state index contributed by atoms with van der Waals surface area (Å²) >= 11 is -0.549. The molecular formula is C19H21F4N3O4S2. The lowest BCUT2D eigenvalue weighted by molar-refractivity contribution is -0.120. The lowest BCUT2D eigenvalue weighted by Crippen LogP contribution is -2.42. The molecule has 0 saturated carbocycles. The van der Waals surface area contributed by atoms with Crippen molar-refractivity contribution in [2.24, 2.45) is 0 Å². The van der Waals surface area contributed by atoms with E-state index >= 15 is 0 Å². The van der Waals surface area contributed by atoms with Crippen LogP contribution in [0, 0.1) is 0 Å². The Kier molecular flexibility index (Phi) is 9.01. The summed E-state index contributed by atoms with van der Waals surface area (Å²) in [6.45, 7) is -1.12. The predicted octanol–water partition coefficient (Wildman–Crippen LogP) is 2.54. The fourth-order valence-electron chi connectivity index (χ4n) is 2.61. The molecular weight excluding hydrogens is 474 g/mol. The number of thioether (sulfide) groups is 1. The Morgan fingerprint density at radius 1 is 1.16 bits per heavy atom. The molecule has 3 N–H and O–H groups in total. The molecule has 0 aliphatic heterocycles. The van der Waals surface area contributed by atoms with Crippen molar-refractivity contribution >= 4 is 27.7 Å². The molecule has 1 heterocycles. The van der Waals surface area contributed by atoms with Gasteiger partial charge in [0.15, 0.2) is 0 Å². The number of amides is 1. The molecule has 2 unspecified atom stereocenters. The van der Waals surface area contributed by atoms with Crippen LogP contribution in [0.25, 0.3) is 11.1 Å². The molecule has 0 bridgehead atoms. The zero-order valence-electron chi connectivity index (χ0n) is 16.8. The number of aliphatic hydroxyl groups is 1. The first kappa shape index (κ1) is 26.0. The van der Waals surface area contributed by atoms with Crippen LogP contribution < -0.4 is 10.0 Å². The van der Waals surface area contributed by atoms with Gasteiger partial charge in [-0.3, -0.25) is 9.78 Å². The molecule has 2 rings (SSSR count). The topological polar surface area (TPSA) is 108 Å². The van der Waals surface area contributed by atoms with Gasteiger partial charge < -0.3 is 10.4 Å². The Balaban J connectivity index is 2.01. The number of pyridine rings is 1. The minimum atomic E-state index is -4.59. The standard InChI is InChI=1S/C19H21F4N3O4S2/c1-32(29,30)25-10-15-7-6-14(9-24-15)12-2-4-13(5-3-12)18(28)16(8-20)26-17(27)11-31-19(21,22)23/h2-7,9,16,18,25,28H,8,10-11H2,1H3,(H,26,27). The van der Waals surface area contributed by atoms with Crippen molar-refractivity contribution in [3.8, 4) is 11.1 Å². The fraction of sp³-hybridized carbons (Fsp3) is 0.368. The number of hydrogen-bond acceptors (Lipinski definition) is 6. The summed E-state index contributed by atoms with van der Waals surface area (Å²) in [5.41, 5.74) is -2.40. The van der Waals surface area contributed by atoms with E-state index in [9.17, 15) is 35.9 Å². The van der Waals surface area contributed by atoms with E-state index in [4.69, 9.17) is 0 Å². The number of carbonyl (C=O) groups is 1. The lowest BCUT2D eigenvalue weighted by atomic mass is 9.99. The highest BCUT2D eigenvalue weighted by Crippen LogP contribution is 2.30. The molecule has 1 aromatic carbocycles. The highest BCUT2D eigenvalue weighted by atomic mass is 32.2.